The number of rotatable bonds is 7. The second kappa shape index (κ2) is 5.38. The van der Waals surface area contributed by atoms with Crippen molar-refractivity contribution < 1.29 is 8.42 Å². The lowest BCUT2D eigenvalue weighted by Gasteiger charge is -2.16. The molecule has 5 heteroatoms. The first-order valence-electron chi connectivity index (χ1n) is 7.81. The third-order valence-corrected chi connectivity index (χ3v) is 6.08. The average molecular weight is 308 g/mol. The molecule has 0 amide bonds. The van der Waals surface area contributed by atoms with Gasteiger partial charge in [-0.2, -0.15) is 0 Å². The second-order valence-corrected chi connectivity index (χ2v) is 8.27. The summed E-state index contributed by atoms with van der Waals surface area (Å²) in [6.07, 6.45) is 5.05. The van der Waals surface area contributed by atoms with E-state index >= 15 is 0 Å². The van der Waals surface area contributed by atoms with Gasteiger partial charge in [-0.05, 0) is 56.2 Å². The summed E-state index contributed by atoms with van der Waals surface area (Å²) in [5.41, 5.74) is 1.70. The van der Waals surface area contributed by atoms with Gasteiger partial charge in [-0.3, -0.25) is 0 Å². The Balaban J connectivity index is 1.84. The number of benzene rings is 1. The Kier molecular flexibility index (Phi) is 3.84. The van der Waals surface area contributed by atoms with Gasteiger partial charge in [-0.25, -0.2) is 13.1 Å². The van der Waals surface area contributed by atoms with Gasteiger partial charge in [0.1, 0.15) is 0 Å². The van der Waals surface area contributed by atoms with E-state index in [2.05, 4.69) is 10.0 Å². The van der Waals surface area contributed by atoms with Crippen LogP contribution in [0.25, 0.3) is 0 Å². The molecule has 0 aliphatic heterocycles. The molecule has 0 saturated heterocycles. The van der Waals surface area contributed by atoms with Crippen molar-refractivity contribution in [1.82, 2.24) is 10.0 Å². The largest absolute Gasteiger partial charge is 0.310 e. The normalized spacial score (nSPS) is 20.5. The van der Waals surface area contributed by atoms with Crippen molar-refractivity contribution in [2.24, 2.45) is 0 Å². The highest BCUT2D eigenvalue weighted by Gasteiger charge is 2.41. The molecule has 2 saturated carbocycles. The van der Waals surface area contributed by atoms with Crippen LogP contribution in [0, 0.1) is 0 Å². The minimum Gasteiger partial charge on any atom is -0.310 e. The third-order valence-electron chi connectivity index (χ3n) is 4.35. The minimum absolute atomic E-state index is 0.230. The van der Waals surface area contributed by atoms with E-state index in [1.165, 1.54) is 12.8 Å². The SMILES string of the molecule is CCc1ccc(CNC2CC2)cc1S(=O)(=O)NC1(C)CC1. The highest BCUT2D eigenvalue weighted by atomic mass is 32.2. The van der Waals surface area contributed by atoms with Crippen LogP contribution in [0.4, 0.5) is 0 Å². The Morgan fingerprint density at radius 2 is 2.00 bits per heavy atom. The summed E-state index contributed by atoms with van der Waals surface area (Å²) in [5.74, 6) is 0. The van der Waals surface area contributed by atoms with Crippen LogP contribution in [0.1, 0.15) is 50.7 Å². The molecule has 2 N–H and O–H groups in total. The summed E-state index contributed by atoms with van der Waals surface area (Å²) >= 11 is 0. The Morgan fingerprint density at radius 3 is 2.57 bits per heavy atom. The van der Waals surface area contributed by atoms with Gasteiger partial charge in [0, 0.05) is 18.1 Å². The quantitative estimate of drug-likeness (QED) is 0.813. The molecule has 21 heavy (non-hydrogen) atoms. The van der Waals surface area contributed by atoms with Crippen molar-refractivity contribution in [1.29, 1.82) is 0 Å². The topological polar surface area (TPSA) is 58.2 Å². The molecule has 0 radical (unpaired) electrons. The van der Waals surface area contributed by atoms with Gasteiger partial charge in [0.05, 0.1) is 4.90 Å². The van der Waals surface area contributed by atoms with E-state index in [0.29, 0.717) is 10.9 Å². The van der Waals surface area contributed by atoms with Crippen molar-refractivity contribution in [3.05, 3.63) is 29.3 Å². The van der Waals surface area contributed by atoms with Crippen LogP contribution < -0.4 is 10.0 Å². The molecule has 2 aliphatic rings. The highest BCUT2D eigenvalue weighted by molar-refractivity contribution is 7.89. The smallest absolute Gasteiger partial charge is 0.241 e. The first-order chi connectivity index (χ1) is 9.92. The summed E-state index contributed by atoms with van der Waals surface area (Å²) in [6.45, 7) is 4.71. The Bertz CT molecular complexity index is 632. The summed E-state index contributed by atoms with van der Waals surface area (Å²) in [4.78, 5) is 0.452. The van der Waals surface area contributed by atoms with Crippen LogP contribution in [0.2, 0.25) is 0 Å². The van der Waals surface area contributed by atoms with Gasteiger partial charge in [-0.1, -0.05) is 19.1 Å². The molecule has 1 aromatic rings. The number of hydrogen-bond donors (Lipinski definition) is 2. The zero-order chi connectivity index (χ0) is 15.1. The van der Waals surface area contributed by atoms with Crippen molar-refractivity contribution in [2.75, 3.05) is 0 Å². The lowest BCUT2D eigenvalue weighted by atomic mass is 10.1. The molecule has 116 valence electrons. The van der Waals surface area contributed by atoms with E-state index in [0.717, 1.165) is 36.9 Å². The summed E-state index contributed by atoms with van der Waals surface area (Å²) in [6, 6.07) is 6.45. The Labute approximate surface area is 127 Å². The highest BCUT2D eigenvalue weighted by Crippen LogP contribution is 2.36. The van der Waals surface area contributed by atoms with Crippen molar-refractivity contribution in [2.45, 2.75) is 69.0 Å². The number of hydrogen-bond acceptors (Lipinski definition) is 3. The molecule has 0 bridgehead atoms. The molecular formula is C16H24N2O2S. The maximum atomic E-state index is 12.6. The van der Waals surface area contributed by atoms with Crippen LogP contribution in [0.3, 0.4) is 0 Å². The molecule has 1 aromatic carbocycles. The second-order valence-electron chi connectivity index (χ2n) is 6.62. The number of nitrogens with one attached hydrogen (secondary N) is 2. The van der Waals surface area contributed by atoms with Crippen LogP contribution in [0.5, 0.6) is 0 Å². The van der Waals surface area contributed by atoms with Crippen molar-refractivity contribution in [3.8, 4) is 0 Å². The Hall–Kier alpha value is -0.910. The third kappa shape index (κ3) is 3.65. The van der Waals surface area contributed by atoms with Crippen LogP contribution in [0.15, 0.2) is 23.1 Å². The fourth-order valence-corrected chi connectivity index (χ4v) is 4.30. The first-order valence-corrected chi connectivity index (χ1v) is 9.29. The van der Waals surface area contributed by atoms with Crippen LogP contribution in [-0.2, 0) is 23.0 Å². The van der Waals surface area contributed by atoms with E-state index in [-0.39, 0.29) is 5.54 Å². The molecule has 0 heterocycles. The maximum absolute atomic E-state index is 12.6. The van der Waals surface area contributed by atoms with Gasteiger partial charge < -0.3 is 5.32 Å². The van der Waals surface area contributed by atoms with Gasteiger partial charge in [0.15, 0.2) is 0 Å². The molecular weight excluding hydrogens is 284 g/mol. The van der Waals surface area contributed by atoms with Gasteiger partial charge in [0.2, 0.25) is 10.0 Å². The fraction of sp³-hybridized carbons (Fsp3) is 0.625. The van der Waals surface area contributed by atoms with E-state index < -0.39 is 10.0 Å². The Morgan fingerprint density at radius 1 is 1.29 bits per heavy atom. The zero-order valence-electron chi connectivity index (χ0n) is 12.8. The summed E-state index contributed by atoms with van der Waals surface area (Å²) in [7, 11) is -3.42. The van der Waals surface area contributed by atoms with E-state index in [4.69, 9.17) is 0 Å². The van der Waals surface area contributed by atoms with E-state index in [1.54, 1.807) is 0 Å². The van der Waals surface area contributed by atoms with Crippen LogP contribution >= 0.6 is 0 Å². The molecule has 0 aromatic heterocycles. The fourth-order valence-electron chi connectivity index (χ4n) is 2.47. The van der Waals surface area contributed by atoms with Gasteiger partial charge >= 0.3 is 0 Å². The van der Waals surface area contributed by atoms with E-state index in [9.17, 15) is 8.42 Å². The minimum atomic E-state index is -3.42. The molecule has 4 nitrogen and oxygen atoms in total. The predicted molar refractivity (Wildman–Crippen MR) is 83.6 cm³/mol. The van der Waals surface area contributed by atoms with Crippen molar-refractivity contribution in [3.63, 3.8) is 0 Å². The van der Waals surface area contributed by atoms with Crippen LogP contribution in [-0.4, -0.2) is 20.0 Å². The lowest BCUT2D eigenvalue weighted by Crippen LogP contribution is -2.34. The molecule has 2 fully saturated rings. The number of aryl methyl sites for hydroxylation is 1. The van der Waals surface area contributed by atoms with Gasteiger partial charge in [-0.15, -0.1) is 0 Å². The zero-order valence-corrected chi connectivity index (χ0v) is 13.6. The van der Waals surface area contributed by atoms with Crippen molar-refractivity contribution >= 4 is 10.0 Å². The maximum Gasteiger partial charge on any atom is 0.241 e. The first kappa shape index (κ1) is 15.0. The predicted octanol–water partition coefficient (Wildman–Crippen LogP) is 2.33. The number of sulfonamides is 1. The average Bonchev–Trinajstić information content (AvgIpc) is 3.34. The summed E-state index contributed by atoms with van der Waals surface area (Å²) < 4.78 is 28.1. The monoisotopic (exact) mass is 308 g/mol. The standard InChI is InChI=1S/C16H24N2O2S/c1-3-13-5-4-12(11-17-14-6-7-14)10-15(13)21(19,20)18-16(2)8-9-16/h4-5,10,14,17-18H,3,6-9,11H2,1-2H3. The van der Waals surface area contributed by atoms with E-state index in [1.807, 2.05) is 32.0 Å². The molecule has 0 spiro atoms. The molecule has 0 unspecified atom stereocenters. The molecule has 3 rings (SSSR count). The summed E-state index contributed by atoms with van der Waals surface area (Å²) in [5, 5.41) is 3.43. The molecule has 0 atom stereocenters. The lowest BCUT2D eigenvalue weighted by molar-refractivity contribution is 0.556. The molecule has 2 aliphatic carbocycles. The van der Waals surface area contributed by atoms with Gasteiger partial charge in [0.25, 0.3) is 0 Å².